The zero-order valence-corrected chi connectivity index (χ0v) is 13.6. The van der Waals surface area contributed by atoms with Crippen LogP contribution in [-0.2, 0) is 23.5 Å². The standard InChI is InChI=1S/C12H13BrN4O3S/c1-17-12(11(13)14-16-17)21(18,19)15-9-6-8-4-2-3-5-10(8)20-7-9/h2-5,9,15H,6-7H2,1H3/t9-/m1/s1. The molecule has 1 aliphatic heterocycles. The molecule has 0 amide bonds. The minimum absolute atomic E-state index is 0.00126. The molecule has 0 unspecified atom stereocenters. The predicted molar refractivity (Wildman–Crippen MR) is 78.5 cm³/mol. The first-order chi connectivity index (χ1) is 9.97. The number of hydrogen-bond donors (Lipinski definition) is 1. The molecular formula is C12H13BrN4O3S. The smallest absolute Gasteiger partial charge is 0.260 e. The molecule has 2 aromatic rings. The minimum atomic E-state index is -3.72. The molecular weight excluding hydrogens is 360 g/mol. The molecule has 0 radical (unpaired) electrons. The summed E-state index contributed by atoms with van der Waals surface area (Å²) in [6.07, 6.45) is 0.582. The van der Waals surface area contributed by atoms with Crippen molar-refractivity contribution in [2.45, 2.75) is 17.5 Å². The van der Waals surface area contributed by atoms with Gasteiger partial charge in [0.15, 0.2) is 4.60 Å². The van der Waals surface area contributed by atoms with Crippen LogP contribution in [-0.4, -0.2) is 36.1 Å². The van der Waals surface area contributed by atoms with Gasteiger partial charge in [-0.05, 0) is 34.0 Å². The van der Waals surface area contributed by atoms with Crippen molar-refractivity contribution in [1.82, 2.24) is 19.7 Å². The molecule has 2 heterocycles. The van der Waals surface area contributed by atoms with Gasteiger partial charge in [0.05, 0.1) is 6.04 Å². The minimum Gasteiger partial charge on any atom is -0.492 e. The van der Waals surface area contributed by atoms with Crippen molar-refractivity contribution < 1.29 is 13.2 Å². The van der Waals surface area contributed by atoms with Crippen LogP contribution in [0.1, 0.15) is 5.56 Å². The summed E-state index contributed by atoms with van der Waals surface area (Å²) in [5.74, 6) is 0.802. The number of nitrogens with zero attached hydrogens (tertiary/aromatic N) is 3. The van der Waals surface area contributed by atoms with Crippen molar-refractivity contribution >= 4 is 26.0 Å². The van der Waals surface area contributed by atoms with Crippen LogP contribution >= 0.6 is 15.9 Å². The average Bonchev–Trinajstić information content (AvgIpc) is 2.78. The topological polar surface area (TPSA) is 86.1 Å². The lowest BCUT2D eigenvalue weighted by Crippen LogP contribution is -2.43. The first-order valence-corrected chi connectivity index (χ1v) is 8.53. The van der Waals surface area contributed by atoms with E-state index < -0.39 is 10.0 Å². The molecule has 1 N–H and O–H groups in total. The zero-order chi connectivity index (χ0) is 15.0. The van der Waals surface area contributed by atoms with Gasteiger partial charge in [-0.25, -0.2) is 17.8 Å². The van der Waals surface area contributed by atoms with Gasteiger partial charge in [-0.2, -0.15) is 0 Å². The van der Waals surface area contributed by atoms with E-state index in [-0.39, 0.29) is 15.7 Å². The number of nitrogens with one attached hydrogen (secondary N) is 1. The van der Waals surface area contributed by atoms with Crippen molar-refractivity contribution in [3.8, 4) is 5.75 Å². The van der Waals surface area contributed by atoms with Gasteiger partial charge in [-0.1, -0.05) is 23.4 Å². The highest BCUT2D eigenvalue weighted by Gasteiger charge is 2.29. The second kappa shape index (κ2) is 5.39. The first-order valence-electron chi connectivity index (χ1n) is 6.25. The third-order valence-electron chi connectivity index (χ3n) is 3.19. The number of benzene rings is 1. The Morgan fingerprint density at radius 2 is 2.19 bits per heavy atom. The van der Waals surface area contributed by atoms with Crippen LogP contribution in [0.4, 0.5) is 0 Å². The van der Waals surface area contributed by atoms with Crippen LogP contribution in [0.15, 0.2) is 33.9 Å². The second-order valence-corrected chi connectivity index (χ2v) is 7.13. The SMILES string of the molecule is Cn1nnc(Br)c1S(=O)(=O)N[C@H]1COc2ccccc2C1. The molecule has 0 saturated carbocycles. The highest BCUT2D eigenvalue weighted by Crippen LogP contribution is 2.25. The Morgan fingerprint density at radius 3 is 2.90 bits per heavy atom. The van der Waals surface area contributed by atoms with E-state index in [0.717, 1.165) is 11.3 Å². The van der Waals surface area contributed by atoms with E-state index in [1.807, 2.05) is 24.3 Å². The number of hydrogen-bond acceptors (Lipinski definition) is 5. The number of sulfonamides is 1. The Labute approximate surface area is 130 Å². The summed E-state index contributed by atoms with van der Waals surface area (Å²) in [5, 5.41) is 7.37. The Hall–Kier alpha value is -1.45. The highest BCUT2D eigenvalue weighted by atomic mass is 79.9. The fraction of sp³-hybridized carbons (Fsp3) is 0.333. The summed E-state index contributed by atoms with van der Waals surface area (Å²) in [6.45, 7) is 0.291. The quantitative estimate of drug-likeness (QED) is 0.863. The van der Waals surface area contributed by atoms with Crippen LogP contribution in [0.2, 0.25) is 0 Å². The van der Waals surface area contributed by atoms with Crippen molar-refractivity contribution in [3.63, 3.8) is 0 Å². The third kappa shape index (κ3) is 2.81. The molecule has 112 valence electrons. The maximum atomic E-state index is 12.4. The molecule has 7 nitrogen and oxygen atoms in total. The van der Waals surface area contributed by atoms with Crippen molar-refractivity contribution in [2.75, 3.05) is 6.61 Å². The average molecular weight is 373 g/mol. The maximum absolute atomic E-state index is 12.4. The van der Waals surface area contributed by atoms with Crippen molar-refractivity contribution in [2.24, 2.45) is 7.05 Å². The molecule has 0 bridgehead atoms. The number of aryl methyl sites for hydroxylation is 1. The van der Waals surface area contributed by atoms with E-state index in [2.05, 4.69) is 31.0 Å². The molecule has 0 saturated heterocycles. The summed E-state index contributed by atoms with van der Waals surface area (Å²) < 4.78 is 34.5. The number of aromatic nitrogens is 3. The Kier molecular flexibility index (Phi) is 3.72. The molecule has 1 aromatic carbocycles. The fourth-order valence-corrected chi connectivity index (χ4v) is 4.60. The zero-order valence-electron chi connectivity index (χ0n) is 11.2. The number of fused-ring (bicyclic) bond motifs is 1. The van der Waals surface area contributed by atoms with Crippen molar-refractivity contribution in [1.29, 1.82) is 0 Å². The van der Waals surface area contributed by atoms with Gasteiger partial charge >= 0.3 is 0 Å². The number of ether oxygens (including phenoxy) is 1. The molecule has 1 atom stereocenters. The number of rotatable bonds is 3. The van der Waals surface area contributed by atoms with Crippen LogP contribution in [0, 0.1) is 0 Å². The third-order valence-corrected chi connectivity index (χ3v) is 5.60. The fourth-order valence-electron chi connectivity index (χ4n) is 2.29. The van der Waals surface area contributed by atoms with Crippen molar-refractivity contribution in [3.05, 3.63) is 34.4 Å². The van der Waals surface area contributed by atoms with E-state index in [1.165, 1.54) is 11.7 Å². The molecule has 0 fully saturated rings. The largest absolute Gasteiger partial charge is 0.492 e. The van der Waals surface area contributed by atoms with Crippen LogP contribution < -0.4 is 9.46 Å². The summed E-state index contributed by atoms with van der Waals surface area (Å²) >= 11 is 3.10. The first kappa shape index (κ1) is 14.5. The van der Waals surface area contributed by atoms with E-state index in [9.17, 15) is 8.42 Å². The molecule has 3 rings (SSSR count). The van der Waals surface area contributed by atoms with Gasteiger partial charge in [0.2, 0.25) is 5.03 Å². The van der Waals surface area contributed by atoms with Gasteiger partial charge in [-0.15, -0.1) is 5.10 Å². The van der Waals surface area contributed by atoms with Gasteiger partial charge in [0.1, 0.15) is 12.4 Å². The Bertz CT molecular complexity index is 755. The molecule has 1 aromatic heterocycles. The van der Waals surface area contributed by atoms with E-state index >= 15 is 0 Å². The van der Waals surface area contributed by atoms with Gasteiger partial charge < -0.3 is 4.74 Å². The molecule has 0 aliphatic carbocycles. The molecule has 0 spiro atoms. The lowest BCUT2D eigenvalue weighted by atomic mass is 10.0. The summed E-state index contributed by atoms with van der Waals surface area (Å²) in [7, 11) is -2.19. The molecule has 9 heteroatoms. The normalized spacial score (nSPS) is 18.1. The Morgan fingerprint density at radius 1 is 1.43 bits per heavy atom. The number of halogens is 1. The maximum Gasteiger partial charge on any atom is 0.260 e. The predicted octanol–water partition coefficient (Wildman–Crippen LogP) is 0.860. The van der Waals surface area contributed by atoms with E-state index in [0.29, 0.717) is 13.0 Å². The summed E-state index contributed by atoms with van der Waals surface area (Å²) in [4.78, 5) is 0. The van der Waals surface area contributed by atoms with E-state index in [1.54, 1.807) is 0 Å². The van der Waals surface area contributed by atoms with Gasteiger partial charge in [0.25, 0.3) is 10.0 Å². The highest BCUT2D eigenvalue weighted by molar-refractivity contribution is 9.10. The molecule has 21 heavy (non-hydrogen) atoms. The second-order valence-electron chi connectivity index (χ2n) is 4.75. The van der Waals surface area contributed by atoms with Crippen LogP contribution in [0.3, 0.4) is 0 Å². The summed E-state index contributed by atoms with van der Waals surface area (Å²) in [6, 6.07) is 7.27. The lowest BCUT2D eigenvalue weighted by molar-refractivity contribution is 0.253. The Balaban J connectivity index is 1.82. The monoisotopic (exact) mass is 372 g/mol. The lowest BCUT2D eigenvalue weighted by Gasteiger charge is -2.25. The molecule has 1 aliphatic rings. The van der Waals surface area contributed by atoms with Crippen LogP contribution in [0.25, 0.3) is 0 Å². The van der Waals surface area contributed by atoms with Crippen LogP contribution in [0.5, 0.6) is 5.75 Å². The summed E-state index contributed by atoms with van der Waals surface area (Å²) in [5.41, 5.74) is 0.985. The van der Waals surface area contributed by atoms with E-state index in [4.69, 9.17) is 4.74 Å². The van der Waals surface area contributed by atoms with Gasteiger partial charge in [-0.3, -0.25) is 0 Å². The number of para-hydroxylation sites is 1. The van der Waals surface area contributed by atoms with Gasteiger partial charge in [0, 0.05) is 7.05 Å².